The van der Waals surface area contributed by atoms with Gasteiger partial charge in [-0.2, -0.15) is 0 Å². The lowest BCUT2D eigenvalue weighted by Gasteiger charge is -2.06. The quantitative estimate of drug-likeness (QED) is 0.894. The lowest BCUT2D eigenvalue weighted by molar-refractivity contribution is 0.102. The molecule has 1 amide bonds. The first-order valence-electron chi connectivity index (χ1n) is 6.07. The number of carbonyl (C=O) groups is 1. The van der Waals surface area contributed by atoms with Crippen molar-refractivity contribution in [2.75, 3.05) is 11.6 Å². The number of carbonyl (C=O) groups excluding carboxylic acids is 1. The second kappa shape index (κ2) is 5.92. The second-order valence-electron chi connectivity index (χ2n) is 4.59. The molecular formula is C14H14N2O4S. The van der Waals surface area contributed by atoms with E-state index in [4.69, 9.17) is 0 Å². The fourth-order valence-corrected chi connectivity index (χ4v) is 2.53. The van der Waals surface area contributed by atoms with Gasteiger partial charge in [-0.3, -0.25) is 4.79 Å². The fraction of sp³-hybridized carbons (Fsp3) is 0.143. The highest BCUT2D eigenvalue weighted by Gasteiger charge is 2.10. The van der Waals surface area contributed by atoms with Gasteiger partial charge in [0.05, 0.1) is 5.75 Å². The Morgan fingerprint density at radius 1 is 1.24 bits per heavy atom. The van der Waals surface area contributed by atoms with Gasteiger partial charge in [0.2, 0.25) is 0 Å². The minimum Gasteiger partial charge on any atom is -0.504 e. The highest BCUT2D eigenvalue weighted by Crippen LogP contribution is 2.19. The van der Waals surface area contributed by atoms with Crippen LogP contribution < -0.4 is 5.32 Å². The van der Waals surface area contributed by atoms with E-state index in [0.717, 1.165) is 6.26 Å². The molecular weight excluding hydrogens is 292 g/mol. The zero-order valence-corrected chi connectivity index (χ0v) is 12.1. The third kappa shape index (κ3) is 4.28. The number of amides is 1. The summed E-state index contributed by atoms with van der Waals surface area (Å²) in [6, 6.07) is 9.16. The van der Waals surface area contributed by atoms with Crippen LogP contribution in [0.2, 0.25) is 0 Å². The minimum atomic E-state index is -3.11. The fourth-order valence-electron chi connectivity index (χ4n) is 1.73. The summed E-state index contributed by atoms with van der Waals surface area (Å²) in [5, 5.41) is 12.0. The SMILES string of the molecule is CS(=O)(=O)Cc1ccc(C(=O)Nc2ncccc2O)cc1. The predicted molar refractivity (Wildman–Crippen MR) is 78.8 cm³/mol. The van der Waals surface area contributed by atoms with E-state index in [-0.39, 0.29) is 17.3 Å². The van der Waals surface area contributed by atoms with Crippen molar-refractivity contribution in [1.82, 2.24) is 4.98 Å². The molecule has 2 aromatic rings. The number of nitrogens with one attached hydrogen (secondary N) is 1. The zero-order chi connectivity index (χ0) is 15.5. The summed E-state index contributed by atoms with van der Waals surface area (Å²) < 4.78 is 22.4. The van der Waals surface area contributed by atoms with Crippen molar-refractivity contribution in [2.45, 2.75) is 5.75 Å². The van der Waals surface area contributed by atoms with Crippen LogP contribution in [0.15, 0.2) is 42.6 Å². The first-order chi connectivity index (χ1) is 9.85. The normalized spacial score (nSPS) is 11.1. The van der Waals surface area contributed by atoms with Crippen molar-refractivity contribution in [1.29, 1.82) is 0 Å². The van der Waals surface area contributed by atoms with Gasteiger partial charge in [0, 0.05) is 18.0 Å². The number of rotatable bonds is 4. The van der Waals surface area contributed by atoms with Gasteiger partial charge in [0.1, 0.15) is 0 Å². The van der Waals surface area contributed by atoms with Crippen LogP contribution in [0.25, 0.3) is 0 Å². The Labute approximate surface area is 122 Å². The van der Waals surface area contributed by atoms with Crippen molar-refractivity contribution < 1.29 is 18.3 Å². The predicted octanol–water partition coefficient (Wildman–Crippen LogP) is 1.58. The maximum Gasteiger partial charge on any atom is 0.256 e. The van der Waals surface area contributed by atoms with Gasteiger partial charge in [-0.05, 0) is 29.8 Å². The molecule has 2 N–H and O–H groups in total. The van der Waals surface area contributed by atoms with Crippen LogP contribution in [-0.2, 0) is 15.6 Å². The molecule has 7 heteroatoms. The van der Waals surface area contributed by atoms with E-state index in [1.807, 2.05) is 0 Å². The second-order valence-corrected chi connectivity index (χ2v) is 6.73. The number of aromatic nitrogens is 1. The Balaban J connectivity index is 2.12. The maximum absolute atomic E-state index is 12.0. The van der Waals surface area contributed by atoms with Crippen molar-refractivity contribution in [3.63, 3.8) is 0 Å². The minimum absolute atomic E-state index is 0.0720. The van der Waals surface area contributed by atoms with Crippen molar-refractivity contribution in [3.8, 4) is 5.75 Å². The number of pyridine rings is 1. The molecule has 0 aliphatic rings. The van der Waals surface area contributed by atoms with Crippen LogP contribution in [0.4, 0.5) is 5.82 Å². The Bertz CT molecular complexity index is 755. The van der Waals surface area contributed by atoms with E-state index in [1.54, 1.807) is 18.2 Å². The van der Waals surface area contributed by atoms with E-state index in [1.165, 1.54) is 24.4 Å². The van der Waals surface area contributed by atoms with Gasteiger partial charge < -0.3 is 10.4 Å². The van der Waals surface area contributed by atoms with E-state index >= 15 is 0 Å². The van der Waals surface area contributed by atoms with Gasteiger partial charge >= 0.3 is 0 Å². The molecule has 0 aliphatic carbocycles. The average Bonchev–Trinajstić information content (AvgIpc) is 2.40. The third-order valence-corrected chi connectivity index (χ3v) is 3.52. The van der Waals surface area contributed by atoms with E-state index in [9.17, 15) is 18.3 Å². The standard InChI is InChI=1S/C14H14N2O4S/c1-21(19,20)9-10-4-6-11(7-5-10)14(18)16-13-12(17)3-2-8-15-13/h2-8,17H,9H2,1H3,(H,15,16,18). The van der Waals surface area contributed by atoms with Crippen molar-refractivity contribution in [3.05, 3.63) is 53.7 Å². The molecule has 0 radical (unpaired) electrons. The van der Waals surface area contributed by atoms with Crippen molar-refractivity contribution in [2.24, 2.45) is 0 Å². The lowest BCUT2D eigenvalue weighted by atomic mass is 10.1. The first-order valence-corrected chi connectivity index (χ1v) is 8.13. The molecule has 0 saturated carbocycles. The van der Waals surface area contributed by atoms with Gasteiger partial charge in [-0.1, -0.05) is 12.1 Å². The Morgan fingerprint density at radius 2 is 1.90 bits per heavy atom. The molecule has 110 valence electrons. The monoisotopic (exact) mass is 306 g/mol. The Hall–Kier alpha value is -2.41. The molecule has 0 fully saturated rings. The molecule has 2 rings (SSSR count). The molecule has 21 heavy (non-hydrogen) atoms. The number of benzene rings is 1. The molecule has 1 heterocycles. The van der Waals surface area contributed by atoms with Crippen LogP contribution in [0.1, 0.15) is 15.9 Å². The molecule has 0 atom stereocenters. The molecule has 0 spiro atoms. The van der Waals surface area contributed by atoms with Crippen molar-refractivity contribution >= 4 is 21.6 Å². The summed E-state index contributed by atoms with van der Waals surface area (Å²) in [4.78, 5) is 15.8. The lowest BCUT2D eigenvalue weighted by Crippen LogP contribution is -2.13. The summed E-state index contributed by atoms with van der Waals surface area (Å²) in [6.07, 6.45) is 2.60. The average molecular weight is 306 g/mol. The molecule has 6 nitrogen and oxygen atoms in total. The Morgan fingerprint density at radius 3 is 2.48 bits per heavy atom. The zero-order valence-electron chi connectivity index (χ0n) is 11.3. The summed E-state index contributed by atoms with van der Waals surface area (Å²) in [5.41, 5.74) is 0.951. The number of anilines is 1. The van der Waals surface area contributed by atoms with Crippen LogP contribution in [0, 0.1) is 0 Å². The van der Waals surface area contributed by atoms with Gasteiger partial charge in [-0.25, -0.2) is 13.4 Å². The number of nitrogens with zero attached hydrogens (tertiary/aromatic N) is 1. The molecule has 0 bridgehead atoms. The Kier molecular flexibility index (Phi) is 4.23. The molecule has 0 aliphatic heterocycles. The van der Waals surface area contributed by atoms with Gasteiger partial charge in [0.25, 0.3) is 5.91 Å². The third-order valence-electron chi connectivity index (χ3n) is 2.66. The van der Waals surface area contributed by atoms with E-state index < -0.39 is 15.7 Å². The van der Waals surface area contributed by atoms with E-state index in [0.29, 0.717) is 11.1 Å². The summed E-state index contributed by atoms with van der Waals surface area (Å²) >= 11 is 0. The van der Waals surface area contributed by atoms with Crippen LogP contribution in [0.5, 0.6) is 5.75 Å². The molecule has 1 aromatic carbocycles. The van der Waals surface area contributed by atoms with Gasteiger partial charge in [0.15, 0.2) is 21.4 Å². The van der Waals surface area contributed by atoms with Gasteiger partial charge in [-0.15, -0.1) is 0 Å². The number of hydrogen-bond donors (Lipinski definition) is 2. The van der Waals surface area contributed by atoms with Crippen LogP contribution in [0.3, 0.4) is 0 Å². The molecule has 0 unspecified atom stereocenters. The number of hydrogen-bond acceptors (Lipinski definition) is 5. The highest BCUT2D eigenvalue weighted by molar-refractivity contribution is 7.89. The first kappa shape index (κ1) is 15.0. The number of sulfone groups is 1. The topological polar surface area (TPSA) is 96.4 Å². The summed E-state index contributed by atoms with van der Waals surface area (Å²) in [6.45, 7) is 0. The highest BCUT2D eigenvalue weighted by atomic mass is 32.2. The number of aromatic hydroxyl groups is 1. The van der Waals surface area contributed by atoms with Crippen LogP contribution in [-0.4, -0.2) is 30.7 Å². The molecule has 0 saturated heterocycles. The smallest absolute Gasteiger partial charge is 0.256 e. The van der Waals surface area contributed by atoms with Crippen LogP contribution >= 0.6 is 0 Å². The maximum atomic E-state index is 12.0. The largest absolute Gasteiger partial charge is 0.504 e. The summed E-state index contributed by atoms with van der Waals surface area (Å²) in [5.74, 6) is -0.562. The summed E-state index contributed by atoms with van der Waals surface area (Å²) in [7, 11) is -3.11. The van der Waals surface area contributed by atoms with E-state index in [2.05, 4.69) is 10.3 Å². The molecule has 1 aromatic heterocycles.